The zero-order chi connectivity index (χ0) is 21.6. The van der Waals surface area contributed by atoms with E-state index in [4.69, 9.17) is 14.0 Å². The Morgan fingerprint density at radius 1 is 0.966 bits per heavy atom. The third-order valence-corrected chi connectivity index (χ3v) is 6.60. The van der Waals surface area contributed by atoms with Gasteiger partial charge in [-0.3, -0.25) is 0 Å². The van der Waals surface area contributed by atoms with Crippen molar-refractivity contribution in [1.29, 1.82) is 0 Å². The highest BCUT2D eigenvalue weighted by Gasteiger charge is 2.52. The fourth-order valence-electron chi connectivity index (χ4n) is 2.73. The molecular formula is C19H22BF2NO5S. The molecule has 1 fully saturated rings. The van der Waals surface area contributed by atoms with Crippen LogP contribution in [0, 0.1) is 11.6 Å². The maximum absolute atomic E-state index is 13.6. The maximum atomic E-state index is 13.6. The fourth-order valence-corrected chi connectivity index (χ4v) is 3.49. The lowest BCUT2D eigenvalue weighted by molar-refractivity contribution is 0.00578. The van der Waals surface area contributed by atoms with E-state index in [9.17, 15) is 17.2 Å². The van der Waals surface area contributed by atoms with Crippen LogP contribution in [0.5, 0.6) is 11.5 Å². The van der Waals surface area contributed by atoms with Gasteiger partial charge in [0.05, 0.1) is 16.1 Å². The number of halogens is 2. The Hall–Kier alpha value is -2.01. The van der Waals surface area contributed by atoms with Gasteiger partial charge in [-0.2, -0.15) is 0 Å². The molecule has 1 N–H and O–H groups in total. The molecule has 1 heterocycles. The first-order valence-electron chi connectivity index (χ1n) is 8.92. The van der Waals surface area contributed by atoms with Crippen molar-refractivity contribution in [2.24, 2.45) is 0 Å². The smallest absolute Gasteiger partial charge is 0.458 e. The number of benzene rings is 2. The number of hydrogen-bond acceptors (Lipinski definition) is 5. The third kappa shape index (κ3) is 4.16. The minimum Gasteiger partial charge on any atom is -0.458 e. The van der Waals surface area contributed by atoms with Gasteiger partial charge in [0.25, 0.3) is 0 Å². The van der Waals surface area contributed by atoms with Gasteiger partial charge in [0, 0.05) is 11.5 Å². The Kier molecular flexibility index (Phi) is 5.50. The molecule has 0 spiro atoms. The average molecular weight is 425 g/mol. The van der Waals surface area contributed by atoms with Crippen molar-refractivity contribution >= 4 is 22.6 Å². The van der Waals surface area contributed by atoms with Gasteiger partial charge in [0.15, 0.2) is 11.6 Å². The lowest BCUT2D eigenvalue weighted by Gasteiger charge is -2.32. The molecule has 2 aromatic rings. The van der Waals surface area contributed by atoms with Gasteiger partial charge >= 0.3 is 7.12 Å². The number of rotatable bonds is 5. The molecule has 0 aromatic heterocycles. The molecule has 6 nitrogen and oxygen atoms in total. The van der Waals surface area contributed by atoms with Crippen molar-refractivity contribution in [2.45, 2.75) is 43.8 Å². The van der Waals surface area contributed by atoms with Crippen LogP contribution in [0.2, 0.25) is 0 Å². The molecule has 0 saturated carbocycles. The zero-order valence-electron chi connectivity index (χ0n) is 16.7. The van der Waals surface area contributed by atoms with Crippen LogP contribution >= 0.6 is 0 Å². The molecule has 0 unspecified atom stereocenters. The van der Waals surface area contributed by atoms with Crippen LogP contribution in [0.4, 0.5) is 8.78 Å². The molecule has 3 rings (SSSR count). The summed E-state index contributed by atoms with van der Waals surface area (Å²) in [7, 11) is -3.36. The van der Waals surface area contributed by atoms with Crippen molar-refractivity contribution < 1.29 is 31.2 Å². The van der Waals surface area contributed by atoms with E-state index < -0.39 is 40.0 Å². The number of ether oxygens (including phenoxy) is 1. The summed E-state index contributed by atoms with van der Waals surface area (Å²) in [5.74, 6) is -1.82. The highest BCUT2D eigenvalue weighted by atomic mass is 32.2. The monoisotopic (exact) mass is 425 g/mol. The van der Waals surface area contributed by atoms with E-state index in [-0.39, 0.29) is 16.4 Å². The van der Waals surface area contributed by atoms with Gasteiger partial charge in [-0.1, -0.05) is 0 Å². The van der Waals surface area contributed by atoms with E-state index in [1.165, 1.54) is 31.3 Å². The van der Waals surface area contributed by atoms with Crippen LogP contribution < -0.4 is 14.9 Å². The number of nitrogens with one attached hydrogen (secondary N) is 1. The summed E-state index contributed by atoms with van der Waals surface area (Å²) in [6.45, 7) is 7.43. The largest absolute Gasteiger partial charge is 0.498 e. The normalized spacial score (nSPS) is 18.1. The van der Waals surface area contributed by atoms with Crippen LogP contribution in [-0.4, -0.2) is 33.8 Å². The van der Waals surface area contributed by atoms with E-state index in [1.807, 2.05) is 27.7 Å². The van der Waals surface area contributed by atoms with Gasteiger partial charge in [-0.05, 0) is 65.1 Å². The fraction of sp³-hybridized carbons (Fsp3) is 0.368. The van der Waals surface area contributed by atoms with Crippen LogP contribution in [0.15, 0.2) is 41.3 Å². The van der Waals surface area contributed by atoms with E-state index in [2.05, 4.69) is 4.72 Å². The Bertz CT molecular complexity index is 1030. The molecule has 0 bridgehead atoms. The Morgan fingerprint density at radius 3 is 2.14 bits per heavy atom. The predicted octanol–water partition coefficient (Wildman–Crippen LogP) is 2.96. The van der Waals surface area contributed by atoms with Crippen LogP contribution in [0.3, 0.4) is 0 Å². The lowest BCUT2D eigenvalue weighted by atomic mass is 9.78. The van der Waals surface area contributed by atoms with Crippen molar-refractivity contribution in [2.75, 3.05) is 7.05 Å². The first-order chi connectivity index (χ1) is 13.4. The summed E-state index contributed by atoms with van der Waals surface area (Å²) in [5, 5.41) is 0. The summed E-state index contributed by atoms with van der Waals surface area (Å²) in [4.78, 5) is -0.0117. The second-order valence-corrected chi connectivity index (χ2v) is 9.56. The van der Waals surface area contributed by atoms with Crippen molar-refractivity contribution in [3.05, 3.63) is 48.0 Å². The quantitative estimate of drug-likeness (QED) is 0.746. The molecule has 1 aliphatic heterocycles. The standard InChI is InChI=1S/C19H22BF2NO5S/c1-18(2)19(3,4)28-20(27-18)14-11-13(29(24,25)23-5)7-9-17(14)26-12-6-8-15(21)16(22)10-12/h6-11,23H,1-5H3. The summed E-state index contributed by atoms with van der Waals surface area (Å²) < 4.78 is 71.3. The second-order valence-electron chi connectivity index (χ2n) is 7.67. The number of sulfonamides is 1. The van der Waals surface area contributed by atoms with Gasteiger partial charge in [-0.25, -0.2) is 21.9 Å². The summed E-state index contributed by atoms with van der Waals surface area (Å²) >= 11 is 0. The molecule has 1 aliphatic rings. The SMILES string of the molecule is CNS(=O)(=O)c1ccc(Oc2ccc(F)c(F)c2)c(B2OC(C)(C)C(C)(C)O2)c1. The molecule has 0 aliphatic carbocycles. The second kappa shape index (κ2) is 7.35. The summed E-state index contributed by atoms with van der Waals surface area (Å²) in [6, 6.07) is 7.26. The topological polar surface area (TPSA) is 73.9 Å². The number of hydrogen-bond donors (Lipinski definition) is 1. The molecule has 0 amide bonds. The van der Waals surface area contributed by atoms with E-state index >= 15 is 0 Å². The first-order valence-corrected chi connectivity index (χ1v) is 10.4. The lowest BCUT2D eigenvalue weighted by Crippen LogP contribution is -2.41. The molecule has 29 heavy (non-hydrogen) atoms. The van der Waals surface area contributed by atoms with Gasteiger partial charge in [-0.15, -0.1) is 0 Å². The summed E-state index contributed by atoms with van der Waals surface area (Å²) in [5.41, 5.74) is -1.03. The molecule has 156 valence electrons. The van der Waals surface area contributed by atoms with Crippen LogP contribution in [0.25, 0.3) is 0 Å². The molecule has 0 atom stereocenters. The summed E-state index contributed by atoms with van der Waals surface area (Å²) in [6.07, 6.45) is 0. The van der Waals surface area contributed by atoms with Gasteiger partial charge < -0.3 is 14.0 Å². The van der Waals surface area contributed by atoms with Crippen LogP contribution in [0.1, 0.15) is 27.7 Å². The highest BCUT2D eigenvalue weighted by molar-refractivity contribution is 7.89. The molecule has 10 heteroatoms. The molecule has 2 aromatic carbocycles. The molecule has 1 saturated heterocycles. The van der Waals surface area contributed by atoms with Crippen molar-refractivity contribution in [1.82, 2.24) is 4.72 Å². The van der Waals surface area contributed by atoms with Gasteiger partial charge in [0.1, 0.15) is 11.5 Å². The average Bonchev–Trinajstić information content (AvgIpc) is 2.85. The van der Waals surface area contributed by atoms with Crippen molar-refractivity contribution in [3.8, 4) is 11.5 Å². The third-order valence-electron chi connectivity index (χ3n) is 5.19. The van der Waals surface area contributed by atoms with Gasteiger partial charge in [0.2, 0.25) is 10.0 Å². The Morgan fingerprint density at radius 2 is 1.59 bits per heavy atom. The molecular weight excluding hydrogens is 403 g/mol. The Balaban J connectivity index is 2.07. The Labute approximate surface area is 169 Å². The predicted molar refractivity (Wildman–Crippen MR) is 105 cm³/mol. The first kappa shape index (κ1) is 21.7. The van der Waals surface area contributed by atoms with E-state index in [1.54, 1.807) is 0 Å². The molecule has 0 radical (unpaired) electrons. The van der Waals surface area contributed by atoms with E-state index in [0.717, 1.165) is 12.1 Å². The highest BCUT2D eigenvalue weighted by Crippen LogP contribution is 2.37. The minimum atomic E-state index is -3.74. The minimum absolute atomic E-state index is 0.0117. The zero-order valence-corrected chi connectivity index (χ0v) is 17.6. The van der Waals surface area contributed by atoms with Crippen molar-refractivity contribution in [3.63, 3.8) is 0 Å². The van der Waals surface area contributed by atoms with Crippen LogP contribution in [-0.2, 0) is 19.3 Å². The van der Waals surface area contributed by atoms with E-state index in [0.29, 0.717) is 5.46 Å². The maximum Gasteiger partial charge on any atom is 0.498 e.